The Morgan fingerprint density at radius 2 is 1.65 bits per heavy atom. The number of hydrogen-bond acceptors (Lipinski definition) is 5. The molecule has 1 amide bonds. The zero-order chi connectivity index (χ0) is 23.9. The van der Waals surface area contributed by atoms with Crippen molar-refractivity contribution in [1.82, 2.24) is 10.4 Å². The highest BCUT2D eigenvalue weighted by Crippen LogP contribution is 2.33. The van der Waals surface area contributed by atoms with Gasteiger partial charge in [-0.3, -0.25) is 4.79 Å². The van der Waals surface area contributed by atoms with Crippen molar-refractivity contribution in [3.63, 3.8) is 0 Å². The summed E-state index contributed by atoms with van der Waals surface area (Å²) >= 11 is 3.53. The number of nitrogens with zero attached hydrogens (tertiary/aromatic N) is 2. The van der Waals surface area contributed by atoms with Gasteiger partial charge in [0.15, 0.2) is 11.5 Å². The second-order valence-corrected chi connectivity index (χ2v) is 8.18. The first-order chi connectivity index (χ1) is 16.6. The second kappa shape index (κ2) is 10.9. The number of benzene rings is 3. The first-order valence-electron chi connectivity index (χ1n) is 11.0. The van der Waals surface area contributed by atoms with E-state index >= 15 is 0 Å². The lowest BCUT2D eigenvalue weighted by Crippen LogP contribution is -2.18. The van der Waals surface area contributed by atoms with Gasteiger partial charge in [0, 0.05) is 21.0 Å². The predicted octanol–water partition coefficient (Wildman–Crippen LogP) is 6.23. The fraction of sp³-hybridized carbons (Fsp3) is 0.148. The maximum Gasteiger partial charge on any atom is 0.272 e. The fourth-order valence-corrected chi connectivity index (χ4v) is 3.95. The number of pyridine rings is 1. The lowest BCUT2D eigenvalue weighted by Gasteiger charge is -2.12. The number of aromatic nitrogens is 1. The molecule has 3 aromatic carbocycles. The molecule has 0 unspecified atom stereocenters. The average molecular weight is 518 g/mol. The summed E-state index contributed by atoms with van der Waals surface area (Å²) in [5, 5.41) is 4.95. The molecule has 0 aliphatic rings. The minimum absolute atomic E-state index is 0.320. The van der Waals surface area contributed by atoms with Crippen LogP contribution in [-0.4, -0.2) is 30.3 Å². The van der Waals surface area contributed by atoms with E-state index in [9.17, 15) is 4.79 Å². The highest BCUT2D eigenvalue weighted by Gasteiger charge is 2.14. The average Bonchev–Trinajstić information content (AvgIpc) is 2.86. The lowest BCUT2D eigenvalue weighted by atomic mass is 10.0. The van der Waals surface area contributed by atoms with Crippen molar-refractivity contribution in [3.05, 3.63) is 88.4 Å². The zero-order valence-corrected chi connectivity index (χ0v) is 20.5. The Labute approximate surface area is 206 Å². The molecular weight excluding hydrogens is 494 g/mol. The van der Waals surface area contributed by atoms with Gasteiger partial charge >= 0.3 is 0 Å². The molecule has 0 aliphatic heterocycles. The predicted molar refractivity (Wildman–Crippen MR) is 139 cm³/mol. The summed E-state index contributed by atoms with van der Waals surface area (Å²) in [6.45, 7) is 4.86. The summed E-state index contributed by atoms with van der Waals surface area (Å²) in [6, 6.07) is 22.8. The molecule has 7 heteroatoms. The molecule has 6 nitrogen and oxygen atoms in total. The molecule has 0 atom stereocenters. The minimum Gasteiger partial charge on any atom is -0.490 e. The van der Waals surface area contributed by atoms with Crippen LogP contribution in [0.25, 0.3) is 22.2 Å². The topological polar surface area (TPSA) is 72.8 Å². The first kappa shape index (κ1) is 23.4. The maximum absolute atomic E-state index is 13.1. The molecule has 4 aromatic rings. The Morgan fingerprint density at radius 1 is 0.971 bits per heavy atom. The molecule has 0 fully saturated rings. The second-order valence-electron chi connectivity index (χ2n) is 7.32. The van der Waals surface area contributed by atoms with E-state index in [1.807, 2.05) is 80.6 Å². The van der Waals surface area contributed by atoms with Crippen molar-refractivity contribution < 1.29 is 14.3 Å². The molecule has 1 N–H and O–H groups in total. The Bertz CT molecular complexity index is 1340. The maximum atomic E-state index is 13.1. The van der Waals surface area contributed by atoms with Crippen molar-refractivity contribution in [2.24, 2.45) is 5.10 Å². The third kappa shape index (κ3) is 5.26. The van der Waals surface area contributed by atoms with Crippen molar-refractivity contribution in [2.75, 3.05) is 13.2 Å². The molecular formula is C27H24BrN3O3. The molecule has 0 saturated carbocycles. The van der Waals surface area contributed by atoms with E-state index in [0.717, 1.165) is 32.2 Å². The molecule has 172 valence electrons. The van der Waals surface area contributed by atoms with Crippen LogP contribution in [0.15, 0.2) is 82.4 Å². The number of halogens is 1. The van der Waals surface area contributed by atoms with Gasteiger partial charge in [-0.2, -0.15) is 5.10 Å². The van der Waals surface area contributed by atoms with Crippen molar-refractivity contribution in [2.45, 2.75) is 13.8 Å². The van der Waals surface area contributed by atoms with Gasteiger partial charge in [0.05, 0.1) is 36.2 Å². The number of amides is 1. The van der Waals surface area contributed by atoms with Crippen LogP contribution < -0.4 is 14.9 Å². The normalized spacial score (nSPS) is 11.0. The first-order valence-corrected chi connectivity index (χ1v) is 11.8. The largest absolute Gasteiger partial charge is 0.490 e. The van der Waals surface area contributed by atoms with Crippen LogP contribution in [0.4, 0.5) is 0 Å². The van der Waals surface area contributed by atoms with Crippen LogP contribution in [0.2, 0.25) is 0 Å². The SMILES string of the molecule is CCOc1cc(Br)c(/C=N/NC(=O)c2cc(-c3ccccc3)nc3ccccc23)cc1OCC. The van der Waals surface area contributed by atoms with Gasteiger partial charge in [0.1, 0.15) is 0 Å². The summed E-state index contributed by atoms with van der Waals surface area (Å²) in [4.78, 5) is 17.8. The van der Waals surface area contributed by atoms with Crippen LogP contribution in [0, 0.1) is 0 Å². The smallest absolute Gasteiger partial charge is 0.272 e. The monoisotopic (exact) mass is 517 g/mol. The molecule has 0 aliphatic carbocycles. The van der Waals surface area contributed by atoms with Gasteiger partial charge in [-0.15, -0.1) is 0 Å². The van der Waals surface area contributed by atoms with Gasteiger partial charge in [0.2, 0.25) is 0 Å². The summed E-state index contributed by atoms with van der Waals surface area (Å²) in [6.07, 6.45) is 1.57. The highest BCUT2D eigenvalue weighted by atomic mass is 79.9. The number of hydrazone groups is 1. The van der Waals surface area contributed by atoms with Gasteiger partial charge in [0.25, 0.3) is 5.91 Å². The van der Waals surface area contributed by atoms with Gasteiger partial charge < -0.3 is 9.47 Å². The quantitative estimate of drug-likeness (QED) is 0.222. The van der Waals surface area contributed by atoms with Gasteiger partial charge in [-0.25, -0.2) is 10.4 Å². The van der Waals surface area contributed by atoms with Crippen LogP contribution >= 0.6 is 15.9 Å². The van der Waals surface area contributed by atoms with Crippen molar-refractivity contribution >= 4 is 39.0 Å². The van der Waals surface area contributed by atoms with E-state index in [1.165, 1.54) is 0 Å². The third-order valence-electron chi connectivity index (χ3n) is 5.06. The van der Waals surface area contributed by atoms with E-state index < -0.39 is 0 Å². The number of fused-ring (bicyclic) bond motifs is 1. The minimum atomic E-state index is -0.320. The van der Waals surface area contributed by atoms with E-state index in [4.69, 9.17) is 14.5 Å². The number of ether oxygens (including phenoxy) is 2. The number of para-hydroxylation sites is 1. The van der Waals surface area contributed by atoms with Crippen LogP contribution in [-0.2, 0) is 0 Å². The van der Waals surface area contributed by atoms with Crippen LogP contribution in [0.1, 0.15) is 29.8 Å². The van der Waals surface area contributed by atoms with E-state index in [0.29, 0.717) is 30.3 Å². The van der Waals surface area contributed by atoms with E-state index in [-0.39, 0.29) is 5.91 Å². The van der Waals surface area contributed by atoms with Gasteiger partial charge in [-0.1, -0.05) is 48.5 Å². The fourth-order valence-electron chi connectivity index (χ4n) is 3.53. The van der Waals surface area contributed by atoms with Crippen molar-refractivity contribution in [1.29, 1.82) is 0 Å². The Kier molecular flexibility index (Phi) is 7.54. The number of nitrogens with one attached hydrogen (secondary N) is 1. The lowest BCUT2D eigenvalue weighted by molar-refractivity contribution is 0.0956. The molecule has 1 aromatic heterocycles. The molecule has 34 heavy (non-hydrogen) atoms. The molecule has 0 saturated heterocycles. The van der Waals surface area contributed by atoms with E-state index in [1.54, 1.807) is 12.3 Å². The third-order valence-corrected chi connectivity index (χ3v) is 5.75. The Hall–Kier alpha value is -3.71. The summed E-state index contributed by atoms with van der Waals surface area (Å²) in [7, 11) is 0. The van der Waals surface area contributed by atoms with Crippen LogP contribution in [0.5, 0.6) is 11.5 Å². The molecule has 0 radical (unpaired) electrons. The summed E-state index contributed by atoms with van der Waals surface area (Å²) in [5.74, 6) is 0.946. The summed E-state index contributed by atoms with van der Waals surface area (Å²) in [5.41, 5.74) is 6.30. The summed E-state index contributed by atoms with van der Waals surface area (Å²) < 4.78 is 12.1. The number of carbonyl (C=O) groups excluding carboxylic acids is 1. The van der Waals surface area contributed by atoms with Gasteiger partial charge in [-0.05, 0) is 54.0 Å². The number of carbonyl (C=O) groups is 1. The van der Waals surface area contributed by atoms with Crippen molar-refractivity contribution in [3.8, 4) is 22.8 Å². The Morgan fingerprint density at radius 3 is 2.38 bits per heavy atom. The number of hydrogen-bond donors (Lipinski definition) is 1. The standard InChI is InChI=1S/C27H24BrN3O3/c1-3-33-25-14-19(22(28)16-26(25)34-4-2)17-29-31-27(32)21-15-24(18-10-6-5-7-11-18)30-23-13-9-8-12-20(21)23/h5-17H,3-4H2,1-2H3,(H,31,32)/b29-17+. The molecule has 0 bridgehead atoms. The molecule has 0 spiro atoms. The molecule has 1 heterocycles. The molecule has 4 rings (SSSR count). The van der Waals surface area contributed by atoms with E-state index in [2.05, 4.69) is 26.5 Å². The number of rotatable bonds is 8. The highest BCUT2D eigenvalue weighted by molar-refractivity contribution is 9.10. The van der Waals surface area contributed by atoms with Crippen LogP contribution in [0.3, 0.4) is 0 Å². The zero-order valence-electron chi connectivity index (χ0n) is 18.9. The Balaban J connectivity index is 1.62.